The first kappa shape index (κ1) is 12.8. The van der Waals surface area contributed by atoms with Crippen molar-refractivity contribution in [3.63, 3.8) is 0 Å². The molecule has 1 unspecified atom stereocenters. The maximum atomic E-state index is 5.98. The summed E-state index contributed by atoms with van der Waals surface area (Å²) in [6.45, 7) is 4.37. The second-order valence-corrected chi connectivity index (χ2v) is 4.56. The molecule has 2 rings (SSSR count). The first-order valence-corrected chi connectivity index (χ1v) is 6.38. The van der Waals surface area contributed by atoms with Crippen LogP contribution in [-0.4, -0.2) is 41.0 Å². The average molecular weight is 277 g/mol. The van der Waals surface area contributed by atoms with Crippen LogP contribution in [0.3, 0.4) is 0 Å². The van der Waals surface area contributed by atoms with Gasteiger partial charge in [-0.15, -0.1) is 10.2 Å². The summed E-state index contributed by atoms with van der Waals surface area (Å²) in [5, 5.41) is 7.77. The van der Waals surface area contributed by atoms with E-state index in [0.717, 1.165) is 32.5 Å². The number of ether oxygens (including phenoxy) is 1. The fourth-order valence-electron chi connectivity index (χ4n) is 1.99. The van der Waals surface area contributed by atoms with Gasteiger partial charge in [-0.1, -0.05) is 11.6 Å². The molecule has 0 bridgehead atoms. The second-order valence-electron chi connectivity index (χ2n) is 3.86. The standard InChI is InChI=1S/C10H14Cl2N4O/c1-2-17-7-4-3-5-16(6-7)9-8(11)14-15-10(12)13-9/h7H,2-6H2,1H3. The predicted molar refractivity (Wildman–Crippen MR) is 66.7 cm³/mol. The van der Waals surface area contributed by atoms with Crippen molar-refractivity contribution in [1.82, 2.24) is 15.2 Å². The summed E-state index contributed by atoms with van der Waals surface area (Å²) in [6.07, 6.45) is 2.33. The van der Waals surface area contributed by atoms with Crippen LogP contribution in [0.2, 0.25) is 10.4 Å². The van der Waals surface area contributed by atoms with Crippen molar-refractivity contribution in [2.24, 2.45) is 0 Å². The molecule has 0 spiro atoms. The quantitative estimate of drug-likeness (QED) is 0.847. The SMILES string of the molecule is CCOC1CCCN(c2nc(Cl)nnc2Cl)C1. The molecule has 0 N–H and O–H groups in total. The Bertz CT molecular complexity index is 389. The van der Waals surface area contributed by atoms with Gasteiger partial charge in [0, 0.05) is 19.7 Å². The Morgan fingerprint density at radius 3 is 3.00 bits per heavy atom. The Labute approximate surface area is 110 Å². The van der Waals surface area contributed by atoms with Crippen molar-refractivity contribution >= 4 is 29.0 Å². The minimum atomic E-state index is 0.114. The molecule has 0 amide bonds. The van der Waals surface area contributed by atoms with E-state index in [0.29, 0.717) is 5.82 Å². The highest BCUT2D eigenvalue weighted by Crippen LogP contribution is 2.25. The molecule has 5 nitrogen and oxygen atoms in total. The van der Waals surface area contributed by atoms with Crippen LogP contribution in [0.1, 0.15) is 19.8 Å². The number of hydrogen-bond acceptors (Lipinski definition) is 5. The summed E-state index contributed by atoms with van der Waals surface area (Å²) in [4.78, 5) is 6.17. The zero-order chi connectivity index (χ0) is 12.3. The van der Waals surface area contributed by atoms with Crippen molar-refractivity contribution in [2.75, 3.05) is 24.6 Å². The number of piperidine rings is 1. The molecule has 1 aliphatic rings. The molecule has 1 aromatic heterocycles. The molecule has 1 fully saturated rings. The summed E-state index contributed by atoms with van der Waals surface area (Å²) in [7, 11) is 0. The number of rotatable bonds is 3. The van der Waals surface area contributed by atoms with Gasteiger partial charge in [0.05, 0.1) is 6.10 Å². The summed E-state index contributed by atoms with van der Waals surface area (Å²) in [5.74, 6) is 0.594. The Morgan fingerprint density at radius 1 is 1.41 bits per heavy atom. The molecule has 17 heavy (non-hydrogen) atoms. The zero-order valence-corrected chi connectivity index (χ0v) is 11.1. The van der Waals surface area contributed by atoms with Gasteiger partial charge >= 0.3 is 0 Å². The van der Waals surface area contributed by atoms with Gasteiger partial charge < -0.3 is 9.64 Å². The summed E-state index contributed by atoms with van der Waals surface area (Å²) in [6, 6.07) is 0. The maximum Gasteiger partial charge on any atom is 0.245 e. The van der Waals surface area contributed by atoms with Crippen LogP contribution >= 0.6 is 23.2 Å². The fraction of sp³-hybridized carbons (Fsp3) is 0.700. The highest BCUT2D eigenvalue weighted by molar-refractivity contribution is 6.32. The molecule has 94 valence electrons. The van der Waals surface area contributed by atoms with Crippen LogP contribution < -0.4 is 4.90 Å². The van der Waals surface area contributed by atoms with E-state index in [4.69, 9.17) is 27.9 Å². The molecule has 2 heterocycles. The summed E-state index contributed by atoms with van der Waals surface area (Å²) < 4.78 is 5.62. The van der Waals surface area contributed by atoms with Crippen molar-refractivity contribution in [2.45, 2.75) is 25.9 Å². The van der Waals surface area contributed by atoms with Crippen molar-refractivity contribution in [3.8, 4) is 0 Å². The number of aromatic nitrogens is 3. The Morgan fingerprint density at radius 2 is 2.24 bits per heavy atom. The van der Waals surface area contributed by atoms with Crippen LogP contribution in [0, 0.1) is 0 Å². The molecule has 0 aliphatic carbocycles. The number of hydrogen-bond donors (Lipinski definition) is 0. The molecular weight excluding hydrogens is 263 g/mol. The van der Waals surface area contributed by atoms with E-state index in [1.54, 1.807) is 0 Å². The molecular formula is C10H14Cl2N4O. The lowest BCUT2D eigenvalue weighted by Gasteiger charge is -2.33. The predicted octanol–water partition coefficient (Wildman–Crippen LogP) is 2.18. The smallest absolute Gasteiger partial charge is 0.245 e. The van der Waals surface area contributed by atoms with Crippen molar-refractivity contribution in [3.05, 3.63) is 10.4 Å². The minimum absolute atomic E-state index is 0.114. The lowest BCUT2D eigenvalue weighted by atomic mass is 10.1. The lowest BCUT2D eigenvalue weighted by molar-refractivity contribution is 0.0525. The van der Waals surface area contributed by atoms with Gasteiger partial charge in [0.1, 0.15) is 0 Å². The van der Waals surface area contributed by atoms with Crippen molar-refractivity contribution < 1.29 is 4.74 Å². The van der Waals surface area contributed by atoms with E-state index in [9.17, 15) is 0 Å². The van der Waals surface area contributed by atoms with Gasteiger partial charge in [-0.3, -0.25) is 0 Å². The van der Waals surface area contributed by atoms with E-state index < -0.39 is 0 Å². The normalized spacial score (nSPS) is 20.6. The monoisotopic (exact) mass is 276 g/mol. The molecule has 7 heteroatoms. The Hall–Kier alpha value is -0.650. The molecule has 1 aliphatic heterocycles. The van der Waals surface area contributed by atoms with Gasteiger partial charge in [0.25, 0.3) is 0 Å². The van der Waals surface area contributed by atoms with Gasteiger partial charge in [-0.05, 0) is 31.4 Å². The van der Waals surface area contributed by atoms with E-state index in [1.807, 2.05) is 11.8 Å². The van der Waals surface area contributed by atoms with E-state index >= 15 is 0 Å². The first-order valence-electron chi connectivity index (χ1n) is 5.63. The van der Waals surface area contributed by atoms with Crippen LogP contribution in [0.25, 0.3) is 0 Å². The van der Waals surface area contributed by atoms with Gasteiger partial charge in [0.15, 0.2) is 11.0 Å². The van der Waals surface area contributed by atoms with Gasteiger partial charge in [0.2, 0.25) is 5.28 Å². The van der Waals surface area contributed by atoms with Crippen LogP contribution in [-0.2, 0) is 4.74 Å². The average Bonchev–Trinajstić information content (AvgIpc) is 2.33. The molecule has 1 aromatic rings. The Balaban J connectivity index is 2.13. The minimum Gasteiger partial charge on any atom is -0.377 e. The zero-order valence-electron chi connectivity index (χ0n) is 9.57. The molecule has 0 saturated carbocycles. The molecule has 0 aromatic carbocycles. The highest BCUT2D eigenvalue weighted by atomic mass is 35.5. The van der Waals surface area contributed by atoms with E-state index in [2.05, 4.69) is 15.2 Å². The molecule has 1 atom stereocenters. The third kappa shape index (κ3) is 3.18. The third-order valence-electron chi connectivity index (χ3n) is 2.68. The largest absolute Gasteiger partial charge is 0.377 e. The first-order chi connectivity index (χ1) is 8.20. The second kappa shape index (κ2) is 5.80. The summed E-state index contributed by atoms with van der Waals surface area (Å²) >= 11 is 11.7. The van der Waals surface area contributed by atoms with Crippen LogP contribution in [0.4, 0.5) is 5.82 Å². The van der Waals surface area contributed by atoms with Crippen LogP contribution in [0.15, 0.2) is 0 Å². The van der Waals surface area contributed by atoms with Crippen LogP contribution in [0.5, 0.6) is 0 Å². The fourth-order valence-corrected chi connectivity index (χ4v) is 2.31. The summed E-state index contributed by atoms with van der Waals surface area (Å²) in [5.41, 5.74) is 0. The van der Waals surface area contributed by atoms with E-state index in [-0.39, 0.29) is 16.5 Å². The molecule has 0 radical (unpaired) electrons. The number of halogens is 2. The highest BCUT2D eigenvalue weighted by Gasteiger charge is 2.23. The number of anilines is 1. The lowest BCUT2D eigenvalue weighted by Crippen LogP contribution is -2.40. The molecule has 1 saturated heterocycles. The number of nitrogens with zero attached hydrogens (tertiary/aromatic N) is 4. The van der Waals surface area contributed by atoms with Gasteiger partial charge in [-0.2, -0.15) is 4.98 Å². The Kier molecular flexibility index (Phi) is 4.36. The van der Waals surface area contributed by atoms with Crippen molar-refractivity contribution in [1.29, 1.82) is 0 Å². The maximum absolute atomic E-state index is 5.98. The van der Waals surface area contributed by atoms with E-state index in [1.165, 1.54) is 0 Å². The topological polar surface area (TPSA) is 51.1 Å². The van der Waals surface area contributed by atoms with Gasteiger partial charge in [-0.25, -0.2) is 0 Å². The third-order valence-corrected chi connectivity index (χ3v) is 3.09.